The molecule has 15 heavy (non-hydrogen) atoms. The van der Waals surface area contributed by atoms with Crippen LogP contribution in [0, 0.1) is 0 Å². The third-order valence-electron chi connectivity index (χ3n) is 2.89. The van der Waals surface area contributed by atoms with Crippen molar-refractivity contribution >= 4 is 0 Å². The second-order valence-corrected chi connectivity index (χ2v) is 4.12. The molecule has 0 fully saturated rings. The summed E-state index contributed by atoms with van der Waals surface area (Å²) in [5, 5.41) is 19.5. The van der Waals surface area contributed by atoms with Crippen molar-refractivity contribution in [3.8, 4) is 0 Å². The van der Waals surface area contributed by atoms with E-state index < -0.39 is 12.2 Å². The number of hydrogen-bond acceptors (Lipinski definition) is 3. The minimum Gasteiger partial charge on any atom is -0.390 e. The molecule has 3 heteroatoms. The topological polar surface area (TPSA) is 43.7 Å². The summed E-state index contributed by atoms with van der Waals surface area (Å²) < 4.78 is 0. The molecule has 0 spiro atoms. The zero-order valence-corrected chi connectivity index (χ0v) is 10.4. The fourth-order valence-corrected chi connectivity index (χ4v) is 1.66. The van der Waals surface area contributed by atoms with Gasteiger partial charge in [-0.15, -0.1) is 0 Å². The number of rotatable bonds is 9. The lowest BCUT2D eigenvalue weighted by molar-refractivity contribution is -0.00582. The number of likely N-dealkylation sites (N-methyl/N-ethyl adjacent to an activating group) is 1. The standard InChI is InChI=1S/C12H27NO2/c1-4-7-8-9-11(14)12(15)10-13(5-2)6-3/h11-12,14-15H,4-10H2,1-3H3. The van der Waals surface area contributed by atoms with Gasteiger partial charge >= 0.3 is 0 Å². The molecule has 0 aromatic heterocycles. The number of unbranched alkanes of at least 4 members (excludes halogenated alkanes) is 2. The van der Waals surface area contributed by atoms with Crippen molar-refractivity contribution in [2.75, 3.05) is 19.6 Å². The van der Waals surface area contributed by atoms with E-state index in [2.05, 4.69) is 25.7 Å². The van der Waals surface area contributed by atoms with Crippen LogP contribution in [0.15, 0.2) is 0 Å². The zero-order chi connectivity index (χ0) is 11.7. The Bertz CT molecular complexity index is 138. The Morgan fingerprint density at radius 3 is 2.00 bits per heavy atom. The van der Waals surface area contributed by atoms with E-state index in [4.69, 9.17) is 0 Å². The molecule has 0 amide bonds. The summed E-state index contributed by atoms with van der Waals surface area (Å²) in [6.07, 6.45) is 2.86. The maximum atomic E-state index is 9.76. The summed E-state index contributed by atoms with van der Waals surface area (Å²) >= 11 is 0. The van der Waals surface area contributed by atoms with Crippen LogP contribution in [0.5, 0.6) is 0 Å². The van der Waals surface area contributed by atoms with Crippen LogP contribution in [0.4, 0.5) is 0 Å². The van der Waals surface area contributed by atoms with Crippen molar-refractivity contribution in [3.63, 3.8) is 0 Å². The van der Waals surface area contributed by atoms with Crippen LogP contribution in [0.3, 0.4) is 0 Å². The highest BCUT2D eigenvalue weighted by molar-refractivity contribution is 4.71. The maximum Gasteiger partial charge on any atom is 0.0925 e. The second kappa shape index (κ2) is 9.13. The molecule has 0 aromatic rings. The average Bonchev–Trinajstić information content (AvgIpc) is 2.25. The molecule has 0 saturated heterocycles. The molecule has 0 aliphatic rings. The van der Waals surface area contributed by atoms with E-state index in [9.17, 15) is 10.2 Å². The highest BCUT2D eigenvalue weighted by atomic mass is 16.3. The van der Waals surface area contributed by atoms with Gasteiger partial charge in [-0.3, -0.25) is 0 Å². The van der Waals surface area contributed by atoms with E-state index in [1.165, 1.54) is 0 Å². The molecule has 0 aromatic carbocycles. The van der Waals surface area contributed by atoms with Crippen molar-refractivity contribution in [1.29, 1.82) is 0 Å². The van der Waals surface area contributed by atoms with Crippen molar-refractivity contribution in [3.05, 3.63) is 0 Å². The monoisotopic (exact) mass is 217 g/mol. The highest BCUT2D eigenvalue weighted by Crippen LogP contribution is 2.08. The predicted octanol–water partition coefficient (Wildman–Crippen LogP) is 1.63. The number of aliphatic hydroxyl groups is 2. The first kappa shape index (κ1) is 14.9. The van der Waals surface area contributed by atoms with Crippen LogP contribution in [-0.2, 0) is 0 Å². The van der Waals surface area contributed by atoms with Crippen molar-refractivity contribution in [2.45, 2.75) is 58.7 Å². The quantitative estimate of drug-likeness (QED) is 0.577. The lowest BCUT2D eigenvalue weighted by Gasteiger charge is -2.25. The fraction of sp³-hybridized carbons (Fsp3) is 1.00. The van der Waals surface area contributed by atoms with Crippen LogP contribution in [-0.4, -0.2) is 47.0 Å². The van der Waals surface area contributed by atoms with Gasteiger partial charge in [-0.05, 0) is 19.5 Å². The first-order chi connectivity index (χ1) is 7.15. The van der Waals surface area contributed by atoms with E-state index in [-0.39, 0.29) is 0 Å². The van der Waals surface area contributed by atoms with E-state index in [0.717, 1.165) is 38.8 Å². The Morgan fingerprint density at radius 2 is 1.53 bits per heavy atom. The molecule has 2 atom stereocenters. The predicted molar refractivity (Wildman–Crippen MR) is 63.9 cm³/mol. The van der Waals surface area contributed by atoms with Gasteiger partial charge in [-0.25, -0.2) is 0 Å². The van der Waals surface area contributed by atoms with Gasteiger partial charge < -0.3 is 15.1 Å². The zero-order valence-electron chi connectivity index (χ0n) is 10.4. The molecule has 0 radical (unpaired) electrons. The summed E-state index contributed by atoms with van der Waals surface area (Å²) in [6.45, 7) is 8.71. The Morgan fingerprint density at radius 1 is 0.933 bits per heavy atom. The van der Waals surface area contributed by atoms with Gasteiger partial charge in [0, 0.05) is 6.54 Å². The maximum absolute atomic E-state index is 9.76. The number of nitrogens with zero attached hydrogens (tertiary/aromatic N) is 1. The molecular formula is C12H27NO2. The third-order valence-corrected chi connectivity index (χ3v) is 2.89. The molecule has 0 aliphatic carbocycles. The molecule has 0 heterocycles. The average molecular weight is 217 g/mol. The molecule has 2 N–H and O–H groups in total. The van der Waals surface area contributed by atoms with E-state index >= 15 is 0 Å². The Balaban J connectivity index is 3.71. The number of aliphatic hydroxyl groups excluding tert-OH is 2. The van der Waals surface area contributed by atoms with Crippen molar-refractivity contribution in [1.82, 2.24) is 4.90 Å². The Labute approximate surface area is 94.1 Å². The summed E-state index contributed by atoms with van der Waals surface area (Å²) in [6, 6.07) is 0. The van der Waals surface area contributed by atoms with Crippen LogP contribution >= 0.6 is 0 Å². The van der Waals surface area contributed by atoms with E-state index in [1.54, 1.807) is 0 Å². The second-order valence-electron chi connectivity index (χ2n) is 4.12. The molecular weight excluding hydrogens is 190 g/mol. The Hall–Kier alpha value is -0.120. The minimum absolute atomic E-state index is 0.558. The first-order valence-corrected chi connectivity index (χ1v) is 6.24. The minimum atomic E-state index is -0.596. The normalized spacial score (nSPS) is 15.6. The SMILES string of the molecule is CCCCCC(O)C(O)CN(CC)CC. The van der Waals surface area contributed by atoms with Crippen molar-refractivity contribution < 1.29 is 10.2 Å². The van der Waals surface area contributed by atoms with Gasteiger partial charge in [0.05, 0.1) is 12.2 Å². The molecule has 0 aliphatic heterocycles. The van der Waals surface area contributed by atoms with Gasteiger partial charge in [0.25, 0.3) is 0 Å². The summed E-state index contributed by atoms with van der Waals surface area (Å²) in [7, 11) is 0. The van der Waals surface area contributed by atoms with Gasteiger partial charge in [0.1, 0.15) is 0 Å². The van der Waals surface area contributed by atoms with Crippen LogP contribution < -0.4 is 0 Å². The molecule has 0 bridgehead atoms. The smallest absolute Gasteiger partial charge is 0.0925 e. The van der Waals surface area contributed by atoms with Crippen LogP contribution in [0.1, 0.15) is 46.5 Å². The molecule has 92 valence electrons. The van der Waals surface area contributed by atoms with Crippen LogP contribution in [0.25, 0.3) is 0 Å². The van der Waals surface area contributed by atoms with E-state index in [1.807, 2.05) is 0 Å². The van der Waals surface area contributed by atoms with E-state index in [0.29, 0.717) is 6.54 Å². The summed E-state index contributed by atoms with van der Waals surface area (Å²) in [5.41, 5.74) is 0. The lowest BCUT2D eigenvalue weighted by atomic mass is 10.1. The summed E-state index contributed by atoms with van der Waals surface area (Å²) in [4.78, 5) is 2.13. The van der Waals surface area contributed by atoms with Gasteiger partial charge in [-0.2, -0.15) is 0 Å². The number of hydrogen-bond donors (Lipinski definition) is 2. The van der Waals surface area contributed by atoms with Crippen LogP contribution in [0.2, 0.25) is 0 Å². The van der Waals surface area contributed by atoms with Crippen molar-refractivity contribution in [2.24, 2.45) is 0 Å². The molecule has 0 rings (SSSR count). The van der Waals surface area contributed by atoms with Gasteiger partial charge in [0.2, 0.25) is 0 Å². The fourth-order valence-electron chi connectivity index (χ4n) is 1.66. The first-order valence-electron chi connectivity index (χ1n) is 6.24. The molecule has 2 unspecified atom stereocenters. The van der Waals surface area contributed by atoms with Gasteiger partial charge in [-0.1, -0.05) is 40.0 Å². The lowest BCUT2D eigenvalue weighted by Crippen LogP contribution is -2.39. The largest absolute Gasteiger partial charge is 0.390 e. The highest BCUT2D eigenvalue weighted by Gasteiger charge is 2.17. The molecule has 3 nitrogen and oxygen atoms in total. The third kappa shape index (κ3) is 6.88. The Kier molecular flexibility index (Phi) is 9.06. The van der Waals surface area contributed by atoms with Gasteiger partial charge in [0.15, 0.2) is 0 Å². The molecule has 0 saturated carbocycles. The summed E-state index contributed by atoms with van der Waals surface area (Å²) in [5.74, 6) is 0.